The Balaban J connectivity index is 1.86. The predicted molar refractivity (Wildman–Crippen MR) is 107 cm³/mol. The maximum Gasteiger partial charge on any atom is 0.252 e. The number of anilines is 1. The van der Waals surface area contributed by atoms with Crippen LogP contribution in [-0.4, -0.2) is 44.9 Å². The largest absolute Gasteiger partial charge is 0.393 e. The minimum Gasteiger partial charge on any atom is -0.393 e. The maximum absolute atomic E-state index is 12.1. The lowest BCUT2D eigenvalue weighted by molar-refractivity contribution is 0.0956. The molecule has 2 heterocycles. The lowest BCUT2D eigenvalue weighted by Gasteiger charge is -2.25. The topological polar surface area (TPSA) is 104 Å². The highest BCUT2D eigenvalue weighted by atomic mass is 16.3. The zero-order valence-corrected chi connectivity index (χ0v) is 15.7. The van der Waals surface area contributed by atoms with Gasteiger partial charge in [0.2, 0.25) is 0 Å². The number of hydrogen-bond acceptors (Lipinski definition) is 5. The third-order valence-corrected chi connectivity index (χ3v) is 5.27. The van der Waals surface area contributed by atoms with Gasteiger partial charge < -0.3 is 20.8 Å². The van der Waals surface area contributed by atoms with Crippen LogP contribution in [0.1, 0.15) is 41.8 Å². The van der Waals surface area contributed by atoms with Crippen molar-refractivity contribution >= 4 is 17.1 Å². The summed E-state index contributed by atoms with van der Waals surface area (Å²) < 4.78 is 1.76. The molecule has 7 nitrogen and oxygen atoms in total. The highest BCUT2D eigenvalue weighted by Gasteiger charge is 2.32. The van der Waals surface area contributed by atoms with E-state index in [2.05, 4.69) is 16.9 Å². The van der Waals surface area contributed by atoms with Gasteiger partial charge in [0.25, 0.3) is 5.91 Å². The first-order valence-corrected chi connectivity index (χ1v) is 9.50. The van der Waals surface area contributed by atoms with Crippen molar-refractivity contribution in [2.45, 2.75) is 31.9 Å². The van der Waals surface area contributed by atoms with Crippen LogP contribution in [0.5, 0.6) is 0 Å². The lowest BCUT2D eigenvalue weighted by Crippen LogP contribution is -2.29. The molecule has 0 bridgehead atoms. The van der Waals surface area contributed by atoms with Gasteiger partial charge in [0.1, 0.15) is 6.10 Å². The van der Waals surface area contributed by atoms with E-state index in [1.54, 1.807) is 10.6 Å². The van der Waals surface area contributed by atoms with Crippen LogP contribution in [0.25, 0.3) is 16.6 Å². The van der Waals surface area contributed by atoms with Crippen LogP contribution in [0.2, 0.25) is 0 Å². The van der Waals surface area contributed by atoms with Crippen molar-refractivity contribution < 1.29 is 15.0 Å². The summed E-state index contributed by atoms with van der Waals surface area (Å²) in [5, 5.41) is 23.5. The van der Waals surface area contributed by atoms with Crippen LogP contribution in [0, 0.1) is 0 Å². The minimum atomic E-state index is -0.919. The number of primary amides is 1. The Labute approximate surface area is 163 Å². The number of nitrogens with zero attached hydrogens (tertiary/aromatic N) is 3. The average molecular weight is 380 g/mol. The molecule has 1 aliphatic carbocycles. The molecule has 0 spiro atoms. The van der Waals surface area contributed by atoms with E-state index in [1.807, 2.05) is 30.5 Å². The summed E-state index contributed by atoms with van der Waals surface area (Å²) in [6.45, 7) is 2.52. The summed E-state index contributed by atoms with van der Waals surface area (Å²) >= 11 is 0. The third kappa shape index (κ3) is 3.23. The van der Waals surface area contributed by atoms with E-state index < -0.39 is 12.0 Å². The highest BCUT2D eigenvalue weighted by Crippen LogP contribution is 2.37. The summed E-state index contributed by atoms with van der Waals surface area (Å²) in [7, 11) is 0. The van der Waals surface area contributed by atoms with Gasteiger partial charge in [-0.1, -0.05) is 18.2 Å². The molecule has 1 aliphatic rings. The minimum absolute atomic E-state index is 0.332. The van der Waals surface area contributed by atoms with Crippen molar-refractivity contribution in [2.75, 3.05) is 18.1 Å². The van der Waals surface area contributed by atoms with Crippen molar-refractivity contribution in [2.24, 2.45) is 5.73 Å². The number of benzene rings is 1. The number of rotatable bonds is 7. The predicted octanol–water partition coefficient (Wildman–Crippen LogP) is 2.11. The average Bonchev–Trinajstić information content (AvgIpc) is 3.45. The fraction of sp³-hybridized carbons (Fsp3) is 0.333. The van der Waals surface area contributed by atoms with E-state index in [4.69, 9.17) is 5.73 Å². The second-order valence-electron chi connectivity index (χ2n) is 7.17. The molecule has 7 heteroatoms. The molecule has 1 amide bonds. The van der Waals surface area contributed by atoms with Gasteiger partial charge in [-0.05, 0) is 43.0 Å². The van der Waals surface area contributed by atoms with Gasteiger partial charge in [-0.25, -0.2) is 4.52 Å². The molecule has 1 fully saturated rings. The van der Waals surface area contributed by atoms with E-state index in [-0.39, 0.29) is 6.61 Å². The molecule has 1 atom stereocenters. The molecule has 2 aromatic heterocycles. The molecule has 28 heavy (non-hydrogen) atoms. The second-order valence-corrected chi connectivity index (χ2v) is 7.17. The van der Waals surface area contributed by atoms with E-state index in [0.29, 0.717) is 17.2 Å². The Morgan fingerprint density at radius 2 is 2.14 bits per heavy atom. The molecule has 0 aliphatic heterocycles. The van der Waals surface area contributed by atoms with E-state index in [0.717, 1.165) is 41.7 Å². The van der Waals surface area contributed by atoms with Crippen LogP contribution in [0.4, 0.5) is 5.69 Å². The first-order valence-electron chi connectivity index (χ1n) is 9.50. The van der Waals surface area contributed by atoms with Crippen LogP contribution in [0.3, 0.4) is 0 Å². The zero-order chi connectivity index (χ0) is 19.8. The number of aliphatic hydroxyl groups excluding tert-OH is 2. The Morgan fingerprint density at radius 1 is 1.36 bits per heavy atom. The molecular formula is C21H24N4O3. The van der Waals surface area contributed by atoms with Crippen LogP contribution in [0.15, 0.2) is 42.7 Å². The van der Waals surface area contributed by atoms with E-state index in [1.165, 1.54) is 6.20 Å². The van der Waals surface area contributed by atoms with Gasteiger partial charge in [-0.3, -0.25) is 4.79 Å². The molecule has 0 radical (unpaired) electrons. The smallest absolute Gasteiger partial charge is 0.252 e. The number of fused-ring (bicyclic) bond motifs is 1. The molecule has 4 N–H and O–H groups in total. The maximum atomic E-state index is 12.1. The summed E-state index contributed by atoms with van der Waals surface area (Å²) in [5.74, 6) is -0.486. The van der Waals surface area contributed by atoms with Crippen LogP contribution < -0.4 is 10.6 Å². The molecule has 0 saturated heterocycles. The highest BCUT2D eigenvalue weighted by molar-refractivity contribution is 6.02. The third-order valence-electron chi connectivity index (χ3n) is 5.27. The number of nitrogens with two attached hydrogens (primary N) is 1. The molecular weight excluding hydrogens is 356 g/mol. The summed E-state index contributed by atoms with van der Waals surface area (Å²) in [6, 6.07) is 9.83. The number of aromatic nitrogens is 2. The fourth-order valence-electron chi connectivity index (χ4n) is 3.70. The standard InChI is InChI=1S/C21H24N4O3/c1-2-24(16-6-7-16)20-17(21(22)28)10-23-25-11-15(9-18(20)25)13-4-3-5-14(8-13)19(27)12-26/h3-5,8-11,16,19,26-27H,2,6-7,12H2,1H3,(H2,22,28). The SMILES string of the molecule is CCN(c1c(C(N)=O)cnn2cc(-c3cccc(C(O)CO)c3)cc12)C1CC1. The summed E-state index contributed by atoms with van der Waals surface area (Å²) in [5.41, 5.74) is 10.2. The number of aliphatic hydroxyl groups is 2. The Morgan fingerprint density at radius 3 is 2.79 bits per heavy atom. The van der Waals surface area contributed by atoms with Gasteiger partial charge >= 0.3 is 0 Å². The lowest BCUT2D eigenvalue weighted by atomic mass is 10.0. The van der Waals surface area contributed by atoms with Crippen LogP contribution >= 0.6 is 0 Å². The molecule has 146 valence electrons. The van der Waals surface area contributed by atoms with Crippen molar-refractivity contribution in [3.8, 4) is 11.1 Å². The van der Waals surface area contributed by atoms with Crippen molar-refractivity contribution in [1.29, 1.82) is 0 Å². The van der Waals surface area contributed by atoms with Gasteiger partial charge in [0.15, 0.2) is 0 Å². The van der Waals surface area contributed by atoms with Gasteiger partial charge in [0.05, 0.1) is 29.6 Å². The van der Waals surface area contributed by atoms with Crippen molar-refractivity contribution in [3.05, 3.63) is 53.9 Å². The number of carbonyl (C=O) groups excluding carboxylic acids is 1. The summed E-state index contributed by atoms with van der Waals surface area (Å²) in [6.07, 6.45) is 4.72. The Hall–Kier alpha value is -2.90. The van der Waals surface area contributed by atoms with Crippen molar-refractivity contribution in [3.63, 3.8) is 0 Å². The monoisotopic (exact) mass is 380 g/mol. The first kappa shape index (κ1) is 18.5. The summed E-state index contributed by atoms with van der Waals surface area (Å²) in [4.78, 5) is 14.3. The first-order chi connectivity index (χ1) is 13.5. The van der Waals surface area contributed by atoms with E-state index in [9.17, 15) is 15.0 Å². The van der Waals surface area contributed by atoms with Gasteiger partial charge in [-0.15, -0.1) is 0 Å². The zero-order valence-electron chi connectivity index (χ0n) is 15.7. The normalized spacial score (nSPS) is 15.0. The number of carbonyl (C=O) groups is 1. The fourth-order valence-corrected chi connectivity index (χ4v) is 3.70. The molecule has 1 aromatic carbocycles. The van der Waals surface area contributed by atoms with Crippen LogP contribution in [-0.2, 0) is 0 Å². The molecule has 1 saturated carbocycles. The Kier molecular flexibility index (Phi) is 4.78. The second kappa shape index (κ2) is 7.26. The van der Waals surface area contributed by atoms with Crippen molar-refractivity contribution in [1.82, 2.24) is 9.61 Å². The number of hydrogen-bond donors (Lipinski definition) is 3. The number of amides is 1. The van der Waals surface area contributed by atoms with Gasteiger partial charge in [0, 0.05) is 24.3 Å². The quantitative estimate of drug-likeness (QED) is 0.582. The van der Waals surface area contributed by atoms with E-state index >= 15 is 0 Å². The van der Waals surface area contributed by atoms with Gasteiger partial charge in [-0.2, -0.15) is 5.10 Å². The molecule has 1 unspecified atom stereocenters. The molecule has 4 rings (SSSR count). The molecule has 3 aromatic rings. The Bertz CT molecular complexity index is 1030.